The number of methoxy groups -OCH3 is 1. The van der Waals surface area contributed by atoms with E-state index in [9.17, 15) is 4.79 Å². The van der Waals surface area contributed by atoms with Gasteiger partial charge in [-0.15, -0.1) is 0 Å². The van der Waals surface area contributed by atoms with E-state index >= 15 is 0 Å². The molecule has 1 aromatic heterocycles. The number of aromatic nitrogens is 1. The van der Waals surface area contributed by atoms with E-state index in [0.29, 0.717) is 12.2 Å². The van der Waals surface area contributed by atoms with E-state index in [1.54, 1.807) is 7.11 Å². The zero-order valence-electron chi connectivity index (χ0n) is 15.9. The Hall–Kier alpha value is -2.53. The first kappa shape index (κ1) is 19.2. The monoisotopic (exact) mass is 427 g/mol. The summed E-state index contributed by atoms with van der Waals surface area (Å²) in [6.45, 7) is 6.15. The van der Waals surface area contributed by atoms with E-state index in [-0.39, 0.29) is 5.97 Å². The van der Waals surface area contributed by atoms with E-state index in [0.717, 1.165) is 32.9 Å². The summed E-state index contributed by atoms with van der Waals surface area (Å²) in [7, 11) is 1.64. The Morgan fingerprint density at radius 1 is 1.07 bits per heavy atom. The summed E-state index contributed by atoms with van der Waals surface area (Å²) in [5.74, 6) is 0.448. The predicted molar refractivity (Wildman–Crippen MR) is 111 cm³/mol. The van der Waals surface area contributed by atoms with E-state index in [2.05, 4.69) is 51.7 Å². The largest absolute Gasteiger partial charge is 0.496 e. The van der Waals surface area contributed by atoms with Crippen LogP contribution in [0, 0.1) is 13.8 Å². The Kier molecular flexibility index (Phi) is 5.71. The number of carbonyl (C=O) groups is 1. The highest BCUT2D eigenvalue weighted by Crippen LogP contribution is 2.34. The van der Waals surface area contributed by atoms with Crippen molar-refractivity contribution in [2.75, 3.05) is 13.7 Å². The van der Waals surface area contributed by atoms with Crippen LogP contribution in [0.4, 0.5) is 0 Å². The van der Waals surface area contributed by atoms with Gasteiger partial charge >= 0.3 is 5.97 Å². The molecule has 0 aliphatic carbocycles. The first-order chi connectivity index (χ1) is 13.0. The van der Waals surface area contributed by atoms with Crippen LogP contribution < -0.4 is 4.74 Å². The third kappa shape index (κ3) is 3.78. The second kappa shape index (κ2) is 8.01. The number of aryl methyl sites for hydroxylation is 1. The molecule has 2 aromatic carbocycles. The van der Waals surface area contributed by atoms with E-state index < -0.39 is 0 Å². The smallest absolute Gasteiger partial charge is 0.339 e. The molecule has 140 valence electrons. The first-order valence-corrected chi connectivity index (χ1v) is 9.56. The van der Waals surface area contributed by atoms with Crippen LogP contribution in [-0.2, 0) is 4.74 Å². The minimum atomic E-state index is -0.310. The van der Waals surface area contributed by atoms with Crippen LogP contribution >= 0.6 is 15.9 Å². The molecule has 0 atom stereocenters. The molecular weight excluding hydrogens is 406 g/mol. The molecule has 3 aromatic rings. The van der Waals surface area contributed by atoms with Crippen LogP contribution in [0.5, 0.6) is 5.75 Å². The summed E-state index contributed by atoms with van der Waals surface area (Å²) >= 11 is 3.55. The van der Waals surface area contributed by atoms with Gasteiger partial charge in [-0.1, -0.05) is 17.7 Å². The van der Waals surface area contributed by atoms with Crippen LogP contribution in [0.2, 0.25) is 0 Å². The molecule has 0 N–H and O–H groups in total. The first-order valence-electron chi connectivity index (χ1n) is 8.76. The molecule has 0 saturated heterocycles. The second-order valence-electron chi connectivity index (χ2n) is 6.27. The molecule has 0 aliphatic heterocycles. The van der Waals surface area contributed by atoms with E-state index in [4.69, 9.17) is 9.47 Å². The molecule has 27 heavy (non-hydrogen) atoms. The van der Waals surface area contributed by atoms with E-state index in [1.165, 1.54) is 5.56 Å². The van der Waals surface area contributed by atoms with Gasteiger partial charge in [0.05, 0.1) is 29.4 Å². The Labute approximate surface area is 167 Å². The maximum absolute atomic E-state index is 12.5. The Balaban J connectivity index is 2.22. The van der Waals surface area contributed by atoms with Gasteiger partial charge in [-0.2, -0.15) is 0 Å². The normalized spacial score (nSPS) is 10.7. The minimum Gasteiger partial charge on any atom is -0.496 e. The van der Waals surface area contributed by atoms with Gasteiger partial charge in [0.15, 0.2) is 0 Å². The molecule has 0 aliphatic rings. The fourth-order valence-corrected chi connectivity index (χ4v) is 3.63. The highest BCUT2D eigenvalue weighted by Gasteiger charge is 2.21. The Morgan fingerprint density at radius 2 is 1.78 bits per heavy atom. The molecular formula is C22H22BrNO3. The van der Waals surface area contributed by atoms with Crippen LogP contribution in [0.3, 0.4) is 0 Å². The number of halogens is 1. The average Bonchev–Trinajstić information content (AvgIpc) is 3.00. The highest BCUT2D eigenvalue weighted by atomic mass is 79.9. The van der Waals surface area contributed by atoms with Gasteiger partial charge in [0.1, 0.15) is 5.75 Å². The highest BCUT2D eigenvalue weighted by molar-refractivity contribution is 9.10. The lowest BCUT2D eigenvalue weighted by molar-refractivity contribution is 0.0525. The minimum absolute atomic E-state index is 0.310. The summed E-state index contributed by atoms with van der Waals surface area (Å²) in [4.78, 5) is 12.5. The molecule has 0 unspecified atom stereocenters. The number of ether oxygens (including phenoxy) is 2. The number of rotatable bonds is 5. The van der Waals surface area contributed by atoms with Gasteiger partial charge in [0, 0.05) is 11.4 Å². The molecule has 0 amide bonds. The van der Waals surface area contributed by atoms with Crippen LogP contribution in [0.1, 0.15) is 28.5 Å². The third-order valence-corrected chi connectivity index (χ3v) is 5.10. The third-order valence-electron chi connectivity index (χ3n) is 4.48. The number of hydrogen-bond acceptors (Lipinski definition) is 3. The second-order valence-corrected chi connectivity index (χ2v) is 7.12. The van der Waals surface area contributed by atoms with Gasteiger partial charge in [-0.05, 0) is 78.7 Å². The Bertz CT molecular complexity index is 974. The number of esters is 1. The van der Waals surface area contributed by atoms with Crippen molar-refractivity contribution >= 4 is 21.9 Å². The SMILES string of the molecule is CCOC(=O)c1cc(-c2ccc(OC)c(Br)c2)n(-c2ccc(C)cc2)c1C. The van der Waals surface area contributed by atoms with Gasteiger partial charge in [-0.25, -0.2) is 4.79 Å². The van der Waals surface area contributed by atoms with Gasteiger partial charge in [0.25, 0.3) is 0 Å². The van der Waals surface area contributed by atoms with Crippen molar-refractivity contribution in [3.8, 4) is 22.7 Å². The zero-order chi connectivity index (χ0) is 19.6. The predicted octanol–water partition coefficient (Wildman–Crippen LogP) is 5.71. The fourth-order valence-electron chi connectivity index (χ4n) is 3.09. The summed E-state index contributed by atoms with van der Waals surface area (Å²) in [6, 6.07) is 16.0. The molecule has 5 heteroatoms. The number of nitrogens with zero attached hydrogens (tertiary/aromatic N) is 1. The Morgan fingerprint density at radius 3 is 2.37 bits per heavy atom. The standard InChI is InChI=1S/C22H22BrNO3/c1-5-27-22(25)18-13-20(16-8-11-21(26-4)19(23)12-16)24(15(18)3)17-9-6-14(2)7-10-17/h6-13H,5H2,1-4H3. The fraction of sp³-hybridized carbons (Fsp3) is 0.227. The van der Waals surface area contributed by atoms with Crippen molar-refractivity contribution < 1.29 is 14.3 Å². The van der Waals surface area contributed by atoms with E-state index in [1.807, 2.05) is 38.1 Å². The zero-order valence-corrected chi connectivity index (χ0v) is 17.5. The molecule has 1 heterocycles. The number of benzene rings is 2. The summed E-state index contributed by atoms with van der Waals surface area (Å²) in [5, 5.41) is 0. The van der Waals surface area contributed by atoms with Crippen molar-refractivity contribution in [1.29, 1.82) is 0 Å². The lowest BCUT2D eigenvalue weighted by atomic mass is 10.1. The van der Waals surface area contributed by atoms with Gasteiger partial charge in [-0.3, -0.25) is 0 Å². The molecule has 0 spiro atoms. The summed E-state index contributed by atoms with van der Waals surface area (Å²) < 4.78 is 13.5. The lowest BCUT2D eigenvalue weighted by Crippen LogP contribution is -2.06. The quantitative estimate of drug-likeness (QED) is 0.489. The van der Waals surface area contributed by atoms with Gasteiger partial charge < -0.3 is 14.0 Å². The van der Waals surface area contributed by atoms with Crippen molar-refractivity contribution in [2.24, 2.45) is 0 Å². The topological polar surface area (TPSA) is 40.5 Å². The molecule has 0 fully saturated rings. The maximum Gasteiger partial charge on any atom is 0.339 e. The molecule has 0 radical (unpaired) electrons. The average molecular weight is 428 g/mol. The molecule has 4 nitrogen and oxygen atoms in total. The molecule has 0 saturated carbocycles. The molecule has 0 bridgehead atoms. The van der Waals surface area contributed by atoms with Crippen molar-refractivity contribution in [3.63, 3.8) is 0 Å². The van der Waals surface area contributed by atoms with Crippen LogP contribution in [-0.4, -0.2) is 24.3 Å². The van der Waals surface area contributed by atoms with Crippen molar-refractivity contribution in [2.45, 2.75) is 20.8 Å². The summed E-state index contributed by atoms with van der Waals surface area (Å²) in [6.07, 6.45) is 0. The molecule has 3 rings (SSSR count). The summed E-state index contributed by atoms with van der Waals surface area (Å²) in [5.41, 5.74) is 5.49. The van der Waals surface area contributed by atoms with Gasteiger partial charge in [0.2, 0.25) is 0 Å². The van der Waals surface area contributed by atoms with Crippen LogP contribution in [0.25, 0.3) is 16.9 Å². The van der Waals surface area contributed by atoms with Crippen molar-refractivity contribution in [3.05, 3.63) is 69.8 Å². The lowest BCUT2D eigenvalue weighted by Gasteiger charge is -2.13. The van der Waals surface area contributed by atoms with Crippen LogP contribution in [0.15, 0.2) is 53.0 Å². The number of hydrogen-bond donors (Lipinski definition) is 0. The number of carbonyl (C=O) groups excluding carboxylic acids is 1. The van der Waals surface area contributed by atoms with Crippen molar-refractivity contribution in [1.82, 2.24) is 4.57 Å². The maximum atomic E-state index is 12.5.